The lowest BCUT2D eigenvalue weighted by atomic mass is 9.96. The van der Waals surface area contributed by atoms with Crippen molar-refractivity contribution < 1.29 is 23.4 Å². The molecular weight excluding hydrogens is 340 g/mol. The van der Waals surface area contributed by atoms with Gasteiger partial charge in [0.25, 0.3) is 0 Å². The lowest BCUT2D eigenvalue weighted by Crippen LogP contribution is -2.19. The smallest absolute Gasteiger partial charge is 0.163 e. The van der Waals surface area contributed by atoms with E-state index in [0.717, 1.165) is 24.0 Å². The number of aliphatic hydroxyl groups is 1. The number of allylic oxidation sites excluding steroid dienone is 1. The lowest BCUT2D eigenvalue weighted by Gasteiger charge is -2.14. The largest absolute Gasteiger partial charge is 0.508 e. The minimum Gasteiger partial charge on any atom is -0.508 e. The van der Waals surface area contributed by atoms with Crippen molar-refractivity contribution in [1.82, 2.24) is 0 Å². The molecule has 0 aliphatic carbocycles. The van der Waals surface area contributed by atoms with Gasteiger partial charge in [0.15, 0.2) is 9.84 Å². The zero-order valence-corrected chi connectivity index (χ0v) is 15.1. The lowest BCUT2D eigenvalue weighted by molar-refractivity contribution is 0.117. The molecule has 1 saturated heterocycles. The Morgan fingerprint density at radius 1 is 1.32 bits per heavy atom. The Hall–Kier alpha value is -1.63. The highest BCUT2D eigenvalue weighted by Gasteiger charge is 2.46. The van der Waals surface area contributed by atoms with E-state index in [1.165, 1.54) is 5.57 Å². The van der Waals surface area contributed by atoms with E-state index in [1.807, 2.05) is 12.1 Å². The van der Waals surface area contributed by atoms with Crippen LogP contribution in [0.15, 0.2) is 41.0 Å². The van der Waals surface area contributed by atoms with E-state index in [1.54, 1.807) is 12.1 Å². The van der Waals surface area contributed by atoms with Crippen molar-refractivity contribution in [2.24, 2.45) is 0 Å². The topological polar surface area (TPSA) is 83.8 Å². The van der Waals surface area contributed by atoms with Gasteiger partial charge in [0.05, 0.1) is 25.1 Å². The van der Waals surface area contributed by atoms with Crippen LogP contribution in [0.25, 0.3) is 6.08 Å². The Balaban J connectivity index is 1.71. The number of sulfone groups is 1. The molecule has 1 aromatic rings. The third-order valence-corrected chi connectivity index (χ3v) is 7.00. The van der Waals surface area contributed by atoms with Crippen molar-refractivity contribution in [3.05, 3.63) is 46.5 Å². The van der Waals surface area contributed by atoms with Crippen molar-refractivity contribution in [3.8, 4) is 5.75 Å². The van der Waals surface area contributed by atoms with Gasteiger partial charge in [0.2, 0.25) is 0 Å². The average molecular weight is 364 g/mol. The van der Waals surface area contributed by atoms with Crippen LogP contribution in [0.5, 0.6) is 5.75 Å². The third-order valence-electron chi connectivity index (χ3n) is 5.00. The van der Waals surface area contributed by atoms with Crippen molar-refractivity contribution in [2.75, 3.05) is 19.0 Å². The minimum atomic E-state index is -3.21. The molecule has 2 aliphatic heterocycles. The van der Waals surface area contributed by atoms with E-state index in [2.05, 4.69) is 13.0 Å². The maximum Gasteiger partial charge on any atom is 0.163 e. The number of rotatable bonds is 6. The normalized spacial score (nSPS) is 25.4. The summed E-state index contributed by atoms with van der Waals surface area (Å²) in [5.74, 6) is 0.208. The summed E-state index contributed by atoms with van der Waals surface area (Å²) in [7, 11) is -3.21. The molecule has 25 heavy (non-hydrogen) atoms. The number of aromatic hydroxyl groups is 1. The van der Waals surface area contributed by atoms with Crippen molar-refractivity contribution in [3.63, 3.8) is 0 Å². The summed E-state index contributed by atoms with van der Waals surface area (Å²) < 4.78 is 30.1. The number of ether oxygens (including phenoxy) is 1. The molecule has 0 spiro atoms. The first-order valence-corrected chi connectivity index (χ1v) is 10.3. The average Bonchev–Trinajstić information content (AvgIpc) is 3.13. The second-order valence-electron chi connectivity index (χ2n) is 6.62. The quantitative estimate of drug-likeness (QED) is 0.758. The van der Waals surface area contributed by atoms with E-state index < -0.39 is 15.1 Å². The maximum absolute atomic E-state index is 12.2. The number of aliphatic hydroxyl groups excluding tert-OH is 1. The summed E-state index contributed by atoms with van der Waals surface area (Å²) in [5.41, 5.74) is 3.68. The van der Waals surface area contributed by atoms with Crippen LogP contribution in [0, 0.1) is 0 Å². The highest BCUT2D eigenvalue weighted by atomic mass is 32.2. The van der Waals surface area contributed by atoms with Crippen molar-refractivity contribution in [2.45, 2.75) is 37.5 Å². The Morgan fingerprint density at radius 2 is 2.04 bits per heavy atom. The highest BCUT2D eigenvalue weighted by molar-refractivity contribution is 7.92. The van der Waals surface area contributed by atoms with Crippen LogP contribution in [0.3, 0.4) is 0 Å². The van der Waals surface area contributed by atoms with E-state index >= 15 is 0 Å². The summed E-state index contributed by atoms with van der Waals surface area (Å²) in [6.45, 7) is 2.08. The first-order chi connectivity index (χ1) is 11.9. The summed E-state index contributed by atoms with van der Waals surface area (Å²) in [6.07, 6.45) is 4.28. The molecule has 0 saturated carbocycles. The fourth-order valence-electron chi connectivity index (χ4n) is 3.62. The molecule has 5 nitrogen and oxygen atoms in total. The Kier molecular flexibility index (Phi) is 5.32. The first-order valence-electron chi connectivity index (χ1n) is 8.59. The number of phenolic OH excluding ortho intramolecular Hbond substituents is 1. The van der Waals surface area contributed by atoms with Gasteiger partial charge in [-0.15, -0.1) is 0 Å². The molecule has 0 bridgehead atoms. The molecular formula is C19H24O5S. The Labute approximate surface area is 148 Å². The van der Waals surface area contributed by atoms with Crippen LogP contribution < -0.4 is 0 Å². The van der Waals surface area contributed by atoms with Gasteiger partial charge in [0, 0.05) is 0 Å². The van der Waals surface area contributed by atoms with Gasteiger partial charge >= 0.3 is 0 Å². The molecule has 1 fully saturated rings. The summed E-state index contributed by atoms with van der Waals surface area (Å²) in [6, 6.07) is 7.04. The zero-order chi connectivity index (χ0) is 18.0. The van der Waals surface area contributed by atoms with Crippen molar-refractivity contribution in [1.29, 1.82) is 0 Å². The predicted molar refractivity (Wildman–Crippen MR) is 97.0 cm³/mol. The number of fused-ring (bicyclic) bond motifs is 1. The third kappa shape index (κ3) is 3.81. The molecule has 1 aromatic carbocycles. The Morgan fingerprint density at radius 3 is 2.68 bits per heavy atom. The number of phenols is 1. The first kappa shape index (κ1) is 18.2. The van der Waals surface area contributed by atoms with Crippen LogP contribution >= 0.6 is 0 Å². The van der Waals surface area contributed by atoms with Gasteiger partial charge in [-0.3, -0.25) is 0 Å². The van der Waals surface area contributed by atoms with Crippen LogP contribution in [0.2, 0.25) is 0 Å². The molecule has 0 amide bonds. The molecule has 0 aromatic heterocycles. The van der Waals surface area contributed by atoms with E-state index in [9.17, 15) is 18.6 Å². The van der Waals surface area contributed by atoms with Crippen molar-refractivity contribution >= 4 is 15.9 Å². The number of hydrogen-bond donors (Lipinski definition) is 2. The number of benzene rings is 1. The second kappa shape index (κ2) is 7.32. The molecule has 0 radical (unpaired) electrons. The predicted octanol–water partition coefficient (Wildman–Crippen LogP) is 2.45. The maximum atomic E-state index is 12.2. The summed E-state index contributed by atoms with van der Waals surface area (Å²) in [5, 5.41) is 18.3. The second-order valence-corrected chi connectivity index (χ2v) is 8.80. The standard InChI is InChI=1S/C19H24O5S/c1-2-13(9-14-3-6-16(21)7-4-14)5-8-17-19-15(10-20)12-25(22,23)18(19)11-24-17/h3-4,6-7,9,17-18,20-21H,2,5,8,10-12H2,1H3/b13-9+/t17-,18+/m1/s1. The summed E-state index contributed by atoms with van der Waals surface area (Å²) in [4.78, 5) is 0. The fraction of sp³-hybridized carbons (Fsp3) is 0.474. The van der Waals surface area contributed by atoms with E-state index in [0.29, 0.717) is 12.0 Å². The molecule has 2 atom stereocenters. The molecule has 6 heteroatoms. The Bertz CT molecular complexity index is 790. The molecule has 2 aliphatic rings. The monoisotopic (exact) mass is 364 g/mol. The summed E-state index contributed by atoms with van der Waals surface area (Å²) >= 11 is 0. The fourth-order valence-corrected chi connectivity index (χ4v) is 5.56. The zero-order valence-electron chi connectivity index (χ0n) is 14.3. The van der Waals surface area contributed by atoms with Crippen LogP contribution in [0.4, 0.5) is 0 Å². The van der Waals surface area contributed by atoms with E-state index in [-0.39, 0.29) is 30.8 Å². The SMILES string of the molecule is CC/C(=C\c1ccc(O)cc1)CC[C@H]1OC[C@H]2C1=C(CO)CS2(=O)=O. The molecule has 2 N–H and O–H groups in total. The van der Waals surface area contributed by atoms with E-state index in [4.69, 9.17) is 4.74 Å². The van der Waals surface area contributed by atoms with Gasteiger partial charge in [0.1, 0.15) is 11.0 Å². The van der Waals surface area contributed by atoms with Gasteiger partial charge in [-0.25, -0.2) is 8.42 Å². The molecule has 0 unspecified atom stereocenters. The van der Waals surface area contributed by atoms with Crippen LogP contribution in [0.1, 0.15) is 31.7 Å². The molecule has 3 rings (SSSR count). The highest BCUT2D eigenvalue weighted by Crippen LogP contribution is 2.38. The number of hydrogen-bond acceptors (Lipinski definition) is 5. The van der Waals surface area contributed by atoms with Gasteiger partial charge in [-0.2, -0.15) is 0 Å². The van der Waals surface area contributed by atoms with Gasteiger partial charge in [-0.1, -0.05) is 30.7 Å². The molecule has 2 heterocycles. The van der Waals surface area contributed by atoms with Gasteiger partial charge < -0.3 is 14.9 Å². The molecule has 136 valence electrons. The van der Waals surface area contributed by atoms with Crippen LogP contribution in [-0.2, 0) is 14.6 Å². The van der Waals surface area contributed by atoms with Gasteiger partial charge in [-0.05, 0) is 48.1 Å². The minimum absolute atomic E-state index is 0.0344. The van der Waals surface area contributed by atoms with Crippen LogP contribution in [-0.4, -0.2) is 49.0 Å².